The minimum Gasteiger partial charge on any atom is -0.478 e. The molecule has 0 atom stereocenters. The summed E-state index contributed by atoms with van der Waals surface area (Å²) in [6.07, 6.45) is 0. The second-order valence-corrected chi connectivity index (χ2v) is 4.78. The molecule has 0 heterocycles. The first-order chi connectivity index (χ1) is 12.6. The number of carboxylic acids is 5. The Morgan fingerprint density at radius 2 is 0.704 bits per heavy atom. The Hall–Kier alpha value is -4.21. The Balaban J connectivity index is 0.000000511. The van der Waals surface area contributed by atoms with Crippen LogP contribution in [0, 0.1) is 0 Å². The van der Waals surface area contributed by atoms with Crippen molar-refractivity contribution in [2.75, 3.05) is 0 Å². The fraction of sp³-hybridized carbons (Fsp3) is 0. The Labute approximate surface area is 150 Å². The van der Waals surface area contributed by atoms with Gasteiger partial charge in [0, 0.05) is 0 Å². The van der Waals surface area contributed by atoms with Crippen molar-refractivity contribution in [3.8, 4) is 0 Å². The zero-order valence-corrected chi connectivity index (χ0v) is 13.3. The van der Waals surface area contributed by atoms with Crippen LogP contribution in [0.25, 0.3) is 0 Å². The van der Waals surface area contributed by atoms with Crippen LogP contribution in [0.3, 0.4) is 0 Å². The molecule has 0 fully saturated rings. The third-order valence-corrected chi connectivity index (χ3v) is 3.10. The highest BCUT2D eigenvalue weighted by molar-refractivity contribution is 6.17. The molecular weight excluding hydrogens is 364 g/mol. The molecule has 0 saturated carbocycles. The molecule has 27 heavy (non-hydrogen) atoms. The summed E-state index contributed by atoms with van der Waals surface area (Å²) in [7, 11) is 0. The summed E-state index contributed by atoms with van der Waals surface area (Å²) in [4.78, 5) is 55.1. The van der Waals surface area contributed by atoms with E-state index < -0.39 is 57.7 Å². The first kappa shape index (κ1) is 20.8. The van der Waals surface area contributed by atoms with Gasteiger partial charge in [-0.3, -0.25) is 0 Å². The summed E-state index contributed by atoms with van der Waals surface area (Å²) in [5.74, 6) is -9.91. The van der Waals surface area contributed by atoms with Gasteiger partial charge in [-0.15, -0.1) is 0 Å². The molecule has 0 unspecified atom stereocenters. The minimum absolute atomic E-state index is 0.296. The lowest BCUT2D eigenvalue weighted by Crippen LogP contribution is -2.23. The van der Waals surface area contributed by atoms with Crippen molar-refractivity contribution in [2.24, 2.45) is 0 Å². The molecule has 10 nitrogen and oxygen atoms in total. The van der Waals surface area contributed by atoms with E-state index in [2.05, 4.69) is 0 Å². The fourth-order valence-electron chi connectivity index (χ4n) is 2.06. The Bertz CT molecular complexity index is 838. The lowest BCUT2D eigenvalue weighted by Gasteiger charge is -2.12. The van der Waals surface area contributed by atoms with E-state index in [0.29, 0.717) is 6.07 Å². The van der Waals surface area contributed by atoms with Crippen molar-refractivity contribution in [2.45, 2.75) is 0 Å². The molecule has 0 aromatic heterocycles. The van der Waals surface area contributed by atoms with Gasteiger partial charge < -0.3 is 25.5 Å². The van der Waals surface area contributed by atoms with Crippen LogP contribution in [0.2, 0.25) is 0 Å². The second kappa shape index (κ2) is 8.76. The molecule has 10 heteroatoms. The quantitative estimate of drug-likeness (QED) is 0.515. The number of aromatic carboxylic acids is 5. The Kier molecular flexibility index (Phi) is 6.76. The van der Waals surface area contributed by atoms with Crippen LogP contribution >= 0.6 is 0 Å². The van der Waals surface area contributed by atoms with Crippen LogP contribution in [0.5, 0.6) is 0 Å². The predicted molar refractivity (Wildman–Crippen MR) is 87.7 cm³/mol. The van der Waals surface area contributed by atoms with Crippen LogP contribution in [0.4, 0.5) is 0 Å². The molecule has 0 aliphatic heterocycles. The summed E-state index contributed by atoms with van der Waals surface area (Å²) >= 11 is 0. The molecule has 0 bridgehead atoms. The highest BCUT2D eigenvalue weighted by Gasteiger charge is 2.34. The summed E-state index contributed by atoms with van der Waals surface area (Å²) in [6, 6.07) is 12.3. The van der Waals surface area contributed by atoms with Crippen LogP contribution in [-0.4, -0.2) is 55.4 Å². The van der Waals surface area contributed by atoms with Crippen molar-refractivity contribution in [1.29, 1.82) is 0 Å². The van der Waals surface area contributed by atoms with E-state index >= 15 is 0 Å². The minimum atomic E-state index is -2.07. The predicted octanol–water partition coefficient (Wildman–Crippen LogP) is 1.86. The van der Waals surface area contributed by atoms with E-state index in [4.69, 9.17) is 25.5 Å². The number of carbonyl (C=O) groups is 5. The van der Waals surface area contributed by atoms with Crippen LogP contribution < -0.4 is 0 Å². The molecule has 2 rings (SSSR count). The molecule has 2 aromatic rings. The van der Waals surface area contributed by atoms with Gasteiger partial charge in [-0.05, 0) is 6.07 Å². The maximum absolute atomic E-state index is 11.1. The Morgan fingerprint density at radius 3 is 0.889 bits per heavy atom. The van der Waals surface area contributed by atoms with Crippen molar-refractivity contribution >= 4 is 29.8 Å². The molecule has 0 aliphatic carbocycles. The number of hydrogen-bond acceptors (Lipinski definition) is 5. The van der Waals surface area contributed by atoms with E-state index in [9.17, 15) is 24.0 Å². The highest BCUT2D eigenvalue weighted by atomic mass is 16.4. The van der Waals surface area contributed by atoms with E-state index in [1.807, 2.05) is 36.4 Å². The van der Waals surface area contributed by atoms with Gasteiger partial charge in [0.2, 0.25) is 0 Å². The molecule has 0 amide bonds. The smallest absolute Gasteiger partial charge is 0.337 e. The number of rotatable bonds is 5. The van der Waals surface area contributed by atoms with Crippen LogP contribution in [0.1, 0.15) is 51.8 Å². The fourth-order valence-corrected chi connectivity index (χ4v) is 2.06. The van der Waals surface area contributed by atoms with Gasteiger partial charge in [0.05, 0.1) is 27.8 Å². The van der Waals surface area contributed by atoms with E-state index in [1.165, 1.54) is 0 Å². The van der Waals surface area contributed by atoms with Gasteiger partial charge in [0.15, 0.2) is 0 Å². The van der Waals surface area contributed by atoms with E-state index in [-0.39, 0.29) is 0 Å². The molecule has 0 spiro atoms. The van der Waals surface area contributed by atoms with Gasteiger partial charge in [0.25, 0.3) is 0 Å². The molecule has 0 radical (unpaired) electrons. The van der Waals surface area contributed by atoms with Crippen molar-refractivity contribution in [1.82, 2.24) is 0 Å². The van der Waals surface area contributed by atoms with Gasteiger partial charge in [-0.25, -0.2) is 24.0 Å². The maximum Gasteiger partial charge on any atom is 0.337 e. The largest absolute Gasteiger partial charge is 0.478 e. The summed E-state index contributed by atoms with van der Waals surface area (Å²) in [5.41, 5.74) is -6.30. The van der Waals surface area contributed by atoms with E-state index in [1.54, 1.807) is 0 Å². The van der Waals surface area contributed by atoms with Gasteiger partial charge in [-0.2, -0.15) is 0 Å². The van der Waals surface area contributed by atoms with Crippen LogP contribution in [-0.2, 0) is 0 Å². The lowest BCUT2D eigenvalue weighted by atomic mass is 9.91. The first-order valence-electron chi connectivity index (χ1n) is 6.97. The molecule has 5 N–H and O–H groups in total. The molecule has 2 aromatic carbocycles. The van der Waals surface area contributed by atoms with Crippen molar-refractivity contribution in [3.63, 3.8) is 0 Å². The lowest BCUT2D eigenvalue weighted by molar-refractivity contribution is 0.0609. The third-order valence-electron chi connectivity index (χ3n) is 3.10. The average molecular weight is 376 g/mol. The van der Waals surface area contributed by atoms with Crippen molar-refractivity contribution < 1.29 is 49.5 Å². The van der Waals surface area contributed by atoms with Gasteiger partial charge in [-0.1, -0.05) is 36.4 Å². The van der Waals surface area contributed by atoms with Crippen LogP contribution in [0.15, 0.2) is 42.5 Å². The average Bonchev–Trinajstić information content (AvgIpc) is 2.61. The number of hydrogen-bond donors (Lipinski definition) is 5. The normalized spacial score (nSPS) is 9.48. The molecule has 0 aliphatic rings. The molecular formula is C17H12O10. The first-order valence-corrected chi connectivity index (χ1v) is 6.97. The standard InChI is InChI=1S/C11H6O10.C6H6/c12-7(13)2-1-3(8(14)15)5(10(18)19)6(11(20)21)4(2)9(16)17;1-2-4-6-5-3-1/h1H,(H,12,13)(H,14,15)(H,16,17)(H,18,19)(H,20,21);1-6H. The zero-order chi connectivity index (χ0) is 20.7. The monoisotopic (exact) mass is 376 g/mol. The summed E-state index contributed by atoms with van der Waals surface area (Å²) in [5, 5.41) is 44.5. The number of carboxylic acid groups (broad SMARTS) is 5. The van der Waals surface area contributed by atoms with Gasteiger partial charge >= 0.3 is 29.8 Å². The third kappa shape index (κ3) is 4.89. The summed E-state index contributed by atoms with van der Waals surface area (Å²) < 4.78 is 0. The van der Waals surface area contributed by atoms with Gasteiger partial charge in [0.1, 0.15) is 0 Å². The zero-order valence-electron chi connectivity index (χ0n) is 13.3. The number of benzene rings is 2. The maximum atomic E-state index is 11.1. The van der Waals surface area contributed by atoms with Crippen molar-refractivity contribution in [3.05, 3.63) is 70.3 Å². The Morgan fingerprint density at radius 1 is 0.444 bits per heavy atom. The SMILES string of the molecule is O=C(O)c1cc(C(=O)O)c(C(=O)O)c(C(=O)O)c1C(=O)O.c1ccccc1. The van der Waals surface area contributed by atoms with E-state index in [0.717, 1.165) is 0 Å². The molecule has 140 valence electrons. The summed E-state index contributed by atoms with van der Waals surface area (Å²) in [6.45, 7) is 0. The molecule has 0 saturated heterocycles. The second-order valence-electron chi connectivity index (χ2n) is 4.78. The topological polar surface area (TPSA) is 186 Å². The highest BCUT2D eigenvalue weighted by Crippen LogP contribution is 2.25.